The fourth-order valence-corrected chi connectivity index (χ4v) is 2.56. The molecule has 0 aliphatic carbocycles. The van der Waals surface area contributed by atoms with E-state index in [0.29, 0.717) is 0 Å². The summed E-state index contributed by atoms with van der Waals surface area (Å²) in [7, 11) is 0. The summed E-state index contributed by atoms with van der Waals surface area (Å²) < 4.78 is 1.16. The topological polar surface area (TPSA) is 33.1 Å². The van der Waals surface area contributed by atoms with Crippen LogP contribution in [-0.4, -0.2) is 10.1 Å². The van der Waals surface area contributed by atoms with Crippen molar-refractivity contribution in [3.8, 4) is 0 Å². The van der Waals surface area contributed by atoms with E-state index in [9.17, 15) is 5.11 Å². The van der Waals surface area contributed by atoms with E-state index >= 15 is 0 Å². The first-order valence-electron chi connectivity index (χ1n) is 6.02. The first kappa shape index (κ1) is 12.6. The standard InChI is InChI=1S/C16H12INO/c17-13-6-4-12(5-7-13)16(19)14-3-1-2-11-8-9-18-10-15(11)14/h1-10,16,19H. The highest BCUT2D eigenvalue weighted by Crippen LogP contribution is 2.28. The van der Waals surface area contributed by atoms with Crippen molar-refractivity contribution in [1.82, 2.24) is 4.98 Å². The van der Waals surface area contributed by atoms with Crippen molar-refractivity contribution >= 4 is 33.4 Å². The average molecular weight is 361 g/mol. The number of hydrogen-bond acceptors (Lipinski definition) is 2. The molecule has 0 amide bonds. The highest BCUT2D eigenvalue weighted by atomic mass is 127. The van der Waals surface area contributed by atoms with Crippen LogP contribution in [0.2, 0.25) is 0 Å². The maximum atomic E-state index is 10.6. The highest BCUT2D eigenvalue weighted by Gasteiger charge is 2.13. The third kappa shape index (κ3) is 2.48. The second-order valence-electron chi connectivity index (χ2n) is 4.40. The lowest BCUT2D eigenvalue weighted by Crippen LogP contribution is -2.00. The van der Waals surface area contributed by atoms with Gasteiger partial charge in [-0.3, -0.25) is 4.98 Å². The van der Waals surface area contributed by atoms with E-state index in [1.54, 1.807) is 12.4 Å². The van der Waals surface area contributed by atoms with Gasteiger partial charge in [-0.1, -0.05) is 30.3 Å². The minimum atomic E-state index is -0.620. The van der Waals surface area contributed by atoms with Gasteiger partial charge in [-0.2, -0.15) is 0 Å². The summed E-state index contributed by atoms with van der Waals surface area (Å²) in [6, 6.07) is 15.8. The molecule has 1 atom stereocenters. The van der Waals surface area contributed by atoms with Crippen LogP contribution in [0.25, 0.3) is 10.8 Å². The normalized spacial score (nSPS) is 12.5. The average Bonchev–Trinajstić information content (AvgIpc) is 2.47. The van der Waals surface area contributed by atoms with E-state index in [2.05, 4.69) is 27.6 Å². The van der Waals surface area contributed by atoms with Crippen LogP contribution < -0.4 is 0 Å². The molecular weight excluding hydrogens is 349 g/mol. The predicted molar refractivity (Wildman–Crippen MR) is 85.0 cm³/mol. The highest BCUT2D eigenvalue weighted by molar-refractivity contribution is 14.1. The Morgan fingerprint density at radius 1 is 1.00 bits per heavy atom. The van der Waals surface area contributed by atoms with Gasteiger partial charge in [-0.25, -0.2) is 0 Å². The molecule has 2 aromatic carbocycles. The molecule has 0 aliphatic heterocycles. The molecule has 0 radical (unpaired) electrons. The number of aromatic nitrogens is 1. The summed E-state index contributed by atoms with van der Waals surface area (Å²) in [5.41, 5.74) is 1.79. The van der Waals surface area contributed by atoms with Gasteiger partial charge in [0, 0.05) is 21.4 Å². The molecule has 3 rings (SSSR count). The maximum absolute atomic E-state index is 10.6. The number of hydrogen-bond donors (Lipinski definition) is 1. The zero-order valence-corrected chi connectivity index (χ0v) is 12.3. The molecule has 2 nitrogen and oxygen atoms in total. The Morgan fingerprint density at radius 2 is 1.79 bits per heavy atom. The van der Waals surface area contributed by atoms with Gasteiger partial charge >= 0.3 is 0 Å². The second kappa shape index (κ2) is 5.27. The van der Waals surface area contributed by atoms with Gasteiger partial charge < -0.3 is 5.11 Å². The lowest BCUT2D eigenvalue weighted by atomic mass is 9.97. The van der Waals surface area contributed by atoms with E-state index in [1.165, 1.54) is 0 Å². The molecule has 1 aromatic heterocycles. The number of aliphatic hydroxyl groups excluding tert-OH is 1. The van der Waals surface area contributed by atoms with Crippen molar-refractivity contribution in [3.63, 3.8) is 0 Å². The van der Waals surface area contributed by atoms with Gasteiger partial charge in [-0.05, 0) is 57.3 Å². The fourth-order valence-electron chi connectivity index (χ4n) is 2.20. The fraction of sp³-hybridized carbons (Fsp3) is 0.0625. The van der Waals surface area contributed by atoms with Gasteiger partial charge in [-0.15, -0.1) is 0 Å². The minimum Gasteiger partial charge on any atom is -0.384 e. The van der Waals surface area contributed by atoms with Crippen LogP contribution in [-0.2, 0) is 0 Å². The lowest BCUT2D eigenvalue weighted by Gasteiger charge is -2.14. The second-order valence-corrected chi connectivity index (χ2v) is 5.64. The van der Waals surface area contributed by atoms with E-state index in [4.69, 9.17) is 0 Å². The number of nitrogens with zero attached hydrogens (tertiary/aromatic N) is 1. The molecule has 0 bridgehead atoms. The smallest absolute Gasteiger partial charge is 0.105 e. The summed E-state index contributed by atoms with van der Waals surface area (Å²) in [5, 5.41) is 12.6. The summed E-state index contributed by atoms with van der Waals surface area (Å²) in [6.07, 6.45) is 2.95. The van der Waals surface area contributed by atoms with Crippen molar-refractivity contribution in [2.45, 2.75) is 6.10 Å². The van der Waals surface area contributed by atoms with Crippen LogP contribution in [0.3, 0.4) is 0 Å². The molecule has 1 unspecified atom stereocenters. The Kier molecular flexibility index (Phi) is 3.48. The zero-order chi connectivity index (χ0) is 13.2. The SMILES string of the molecule is OC(c1ccc(I)cc1)c1cccc2ccncc12. The molecule has 0 saturated heterocycles. The Labute approximate surface area is 125 Å². The molecule has 1 N–H and O–H groups in total. The van der Waals surface area contributed by atoms with Gasteiger partial charge in [0.15, 0.2) is 0 Å². The molecule has 0 fully saturated rings. The summed E-state index contributed by atoms with van der Waals surface area (Å²) >= 11 is 2.26. The van der Waals surface area contributed by atoms with E-state index in [1.807, 2.05) is 48.5 Å². The van der Waals surface area contributed by atoms with Gasteiger partial charge in [0.25, 0.3) is 0 Å². The first-order chi connectivity index (χ1) is 9.25. The first-order valence-corrected chi connectivity index (χ1v) is 7.10. The van der Waals surface area contributed by atoms with Gasteiger partial charge in [0.1, 0.15) is 6.10 Å². The van der Waals surface area contributed by atoms with Crippen LogP contribution in [0.4, 0.5) is 0 Å². The molecule has 3 heteroatoms. The van der Waals surface area contributed by atoms with Crippen LogP contribution in [0, 0.1) is 3.57 Å². The predicted octanol–water partition coefficient (Wildman–Crippen LogP) is 3.92. The molecule has 0 aliphatic rings. The quantitative estimate of drug-likeness (QED) is 0.702. The molecule has 0 saturated carbocycles. The van der Waals surface area contributed by atoms with Crippen molar-refractivity contribution < 1.29 is 5.11 Å². The summed E-state index contributed by atoms with van der Waals surface area (Å²) in [4.78, 5) is 4.15. The maximum Gasteiger partial charge on any atom is 0.105 e. The van der Waals surface area contributed by atoms with Crippen LogP contribution in [0.15, 0.2) is 60.9 Å². The monoisotopic (exact) mass is 361 g/mol. The number of fused-ring (bicyclic) bond motifs is 1. The molecule has 3 aromatic rings. The molecule has 19 heavy (non-hydrogen) atoms. The van der Waals surface area contributed by atoms with E-state index in [-0.39, 0.29) is 0 Å². The molecule has 1 heterocycles. The van der Waals surface area contributed by atoms with E-state index < -0.39 is 6.10 Å². The molecule has 94 valence electrons. The number of aliphatic hydroxyl groups is 1. The number of benzene rings is 2. The Morgan fingerprint density at radius 3 is 2.58 bits per heavy atom. The van der Waals surface area contributed by atoms with Crippen molar-refractivity contribution in [2.24, 2.45) is 0 Å². The number of rotatable bonds is 2. The summed E-state index contributed by atoms with van der Waals surface area (Å²) in [5.74, 6) is 0. The largest absolute Gasteiger partial charge is 0.384 e. The minimum absolute atomic E-state index is 0.620. The zero-order valence-electron chi connectivity index (χ0n) is 10.1. The van der Waals surface area contributed by atoms with Crippen LogP contribution >= 0.6 is 22.6 Å². The molecule has 0 spiro atoms. The van der Waals surface area contributed by atoms with E-state index in [0.717, 1.165) is 25.5 Å². The van der Waals surface area contributed by atoms with Crippen molar-refractivity contribution in [3.05, 3.63) is 75.6 Å². The Hall–Kier alpha value is -1.46. The lowest BCUT2D eigenvalue weighted by molar-refractivity contribution is 0.222. The third-order valence-corrected chi connectivity index (χ3v) is 3.92. The summed E-state index contributed by atoms with van der Waals surface area (Å²) in [6.45, 7) is 0. The third-order valence-electron chi connectivity index (χ3n) is 3.20. The van der Waals surface area contributed by atoms with Crippen LogP contribution in [0.5, 0.6) is 0 Å². The Bertz CT molecular complexity index is 704. The van der Waals surface area contributed by atoms with Gasteiger partial charge in [0.2, 0.25) is 0 Å². The van der Waals surface area contributed by atoms with Crippen molar-refractivity contribution in [2.75, 3.05) is 0 Å². The van der Waals surface area contributed by atoms with Gasteiger partial charge in [0.05, 0.1) is 0 Å². The Balaban J connectivity index is 2.11. The number of halogens is 1. The van der Waals surface area contributed by atoms with Crippen molar-refractivity contribution in [1.29, 1.82) is 0 Å². The van der Waals surface area contributed by atoms with Crippen LogP contribution in [0.1, 0.15) is 17.2 Å². The number of pyridine rings is 1. The molecular formula is C16H12INO.